The molecule has 1 aromatic rings. The molecule has 0 amide bonds. The van der Waals surface area contributed by atoms with Gasteiger partial charge in [0.15, 0.2) is 0 Å². The first-order chi connectivity index (χ1) is 7.27. The highest BCUT2D eigenvalue weighted by Gasteiger charge is 2.03. The van der Waals surface area contributed by atoms with Crippen LogP contribution in [0.4, 0.5) is 5.69 Å². The highest BCUT2D eigenvalue weighted by Crippen LogP contribution is 2.17. The zero-order valence-electron chi connectivity index (χ0n) is 9.46. The second-order valence-corrected chi connectivity index (χ2v) is 4.00. The third kappa shape index (κ3) is 4.10. The van der Waals surface area contributed by atoms with Crippen LogP contribution in [0.2, 0.25) is 5.02 Å². The number of likely N-dealkylation sites (N-methyl/N-ethyl adjacent to an activating group) is 1. The number of hydrogen-bond donors (Lipinski definition) is 1. The van der Waals surface area contributed by atoms with Crippen molar-refractivity contribution in [1.29, 1.82) is 0 Å². The third-order valence-corrected chi connectivity index (χ3v) is 2.57. The van der Waals surface area contributed by atoms with Gasteiger partial charge >= 0.3 is 0 Å². The van der Waals surface area contributed by atoms with E-state index in [4.69, 9.17) is 11.6 Å². The Bertz CT molecular complexity index is 271. The van der Waals surface area contributed by atoms with Crippen LogP contribution in [0.3, 0.4) is 0 Å². The number of hydrogen-bond acceptors (Lipinski definition) is 2. The molecule has 0 fully saturated rings. The minimum Gasteiger partial charge on any atom is -0.370 e. The van der Waals surface area contributed by atoms with Gasteiger partial charge in [0.2, 0.25) is 0 Å². The van der Waals surface area contributed by atoms with E-state index in [1.54, 1.807) is 0 Å². The highest BCUT2D eigenvalue weighted by molar-refractivity contribution is 6.30. The van der Waals surface area contributed by atoms with Gasteiger partial charge in [-0.05, 0) is 37.7 Å². The molecular formula is C12H19ClN2. The number of halogens is 1. The number of rotatable bonds is 6. The summed E-state index contributed by atoms with van der Waals surface area (Å²) in [6.07, 6.45) is 1.16. The van der Waals surface area contributed by atoms with Crippen LogP contribution in [0.5, 0.6) is 0 Å². The van der Waals surface area contributed by atoms with Crippen molar-refractivity contribution < 1.29 is 0 Å². The van der Waals surface area contributed by atoms with Gasteiger partial charge in [0, 0.05) is 30.3 Å². The average Bonchev–Trinajstić information content (AvgIpc) is 2.25. The first-order valence-electron chi connectivity index (χ1n) is 5.43. The largest absolute Gasteiger partial charge is 0.370 e. The molecule has 3 heteroatoms. The average molecular weight is 227 g/mol. The van der Waals surface area contributed by atoms with Crippen LogP contribution >= 0.6 is 11.6 Å². The molecule has 1 rings (SSSR count). The molecular weight excluding hydrogens is 208 g/mol. The minimum atomic E-state index is 0.795. The Morgan fingerprint density at radius 2 is 1.87 bits per heavy atom. The van der Waals surface area contributed by atoms with Crippen LogP contribution in [-0.2, 0) is 0 Å². The molecule has 0 saturated heterocycles. The van der Waals surface area contributed by atoms with Crippen molar-refractivity contribution in [2.75, 3.05) is 31.6 Å². The molecule has 1 aromatic carbocycles. The molecule has 0 aliphatic carbocycles. The van der Waals surface area contributed by atoms with Gasteiger partial charge in [0.05, 0.1) is 0 Å². The molecule has 0 aromatic heterocycles. The maximum absolute atomic E-state index is 5.87. The van der Waals surface area contributed by atoms with E-state index in [0.29, 0.717) is 0 Å². The fourth-order valence-electron chi connectivity index (χ4n) is 1.54. The van der Waals surface area contributed by atoms with Gasteiger partial charge in [-0.15, -0.1) is 0 Å². The van der Waals surface area contributed by atoms with Crippen LogP contribution < -0.4 is 10.2 Å². The highest BCUT2D eigenvalue weighted by atomic mass is 35.5. The summed E-state index contributed by atoms with van der Waals surface area (Å²) in [6, 6.07) is 8.04. The predicted molar refractivity (Wildman–Crippen MR) is 67.9 cm³/mol. The van der Waals surface area contributed by atoms with E-state index in [2.05, 4.69) is 29.3 Å². The van der Waals surface area contributed by atoms with E-state index in [-0.39, 0.29) is 0 Å². The monoisotopic (exact) mass is 226 g/mol. The van der Waals surface area contributed by atoms with Crippen LogP contribution in [0.1, 0.15) is 13.3 Å². The number of nitrogens with zero attached hydrogens (tertiary/aromatic N) is 1. The Kier molecular flexibility index (Phi) is 5.51. The Morgan fingerprint density at radius 1 is 1.20 bits per heavy atom. The van der Waals surface area contributed by atoms with Crippen LogP contribution in [-0.4, -0.2) is 26.7 Å². The fraction of sp³-hybridized carbons (Fsp3) is 0.500. The number of benzene rings is 1. The lowest BCUT2D eigenvalue weighted by atomic mass is 10.2. The molecule has 15 heavy (non-hydrogen) atoms. The number of nitrogens with one attached hydrogen (secondary N) is 1. The summed E-state index contributed by atoms with van der Waals surface area (Å²) in [7, 11) is 1.98. The molecule has 0 spiro atoms. The molecule has 0 heterocycles. The smallest absolute Gasteiger partial charge is 0.0407 e. The van der Waals surface area contributed by atoms with Gasteiger partial charge in [-0.1, -0.05) is 18.5 Å². The van der Waals surface area contributed by atoms with Crippen molar-refractivity contribution in [3.05, 3.63) is 29.3 Å². The van der Waals surface area contributed by atoms with Crippen molar-refractivity contribution in [1.82, 2.24) is 5.32 Å². The zero-order valence-corrected chi connectivity index (χ0v) is 10.2. The summed E-state index contributed by atoms with van der Waals surface area (Å²) >= 11 is 5.87. The van der Waals surface area contributed by atoms with E-state index >= 15 is 0 Å². The first kappa shape index (κ1) is 12.3. The van der Waals surface area contributed by atoms with Crippen molar-refractivity contribution in [3.63, 3.8) is 0 Å². The molecule has 0 bridgehead atoms. The lowest BCUT2D eigenvalue weighted by Gasteiger charge is -2.24. The van der Waals surface area contributed by atoms with E-state index in [0.717, 1.165) is 31.1 Å². The van der Waals surface area contributed by atoms with Gasteiger partial charge in [-0.2, -0.15) is 0 Å². The molecule has 0 radical (unpaired) electrons. The number of anilines is 1. The Hall–Kier alpha value is -0.730. The summed E-state index contributed by atoms with van der Waals surface area (Å²) in [6.45, 7) is 5.32. The molecule has 0 atom stereocenters. The Morgan fingerprint density at radius 3 is 2.40 bits per heavy atom. The van der Waals surface area contributed by atoms with Gasteiger partial charge in [-0.25, -0.2) is 0 Å². The standard InChI is InChI=1S/C12H19ClN2/c1-3-9-15(10-8-14-2)12-6-4-11(13)5-7-12/h4-7,14H,3,8-10H2,1-2H3. The molecule has 1 N–H and O–H groups in total. The topological polar surface area (TPSA) is 15.3 Å². The summed E-state index contributed by atoms with van der Waals surface area (Å²) in [5.41, 5.74) is 1.25. The third-order valence-electron chi connectivity index (χ3n) is 2.32. The van der Waals surface area contributed by atoms with Gasteiger partial charge in [0.1, 0.15) is 0 Å². The summed E-state index contributed by atoms with van der Waals surface area (Å²) in [4.78, 5) is 2.37. The molecule has 0 unspecified atom stereocenters. The SMILES string of the molecule is CCCN(CCNC)c1ccc(Cl)cc1. The summed E-state index contributed by atoms with van der Waals surface area (Å²) in [5.74, 6) is 0. The predicted octanol–water partition coefficient (Wildman–Crippen LogP) is 2.78. The first-order valence-corrected chi connectivity index (χ1v) is 5.81. The van der Waals surface area contributed by atoms with E-state index in [1.165, 1.54) is 5.69 Å². The zero-order chi connectivity index (χ0) is 11.1. The Labute approximate surface area is 97.2 Å². The lowest BCUT2D eigenvalue weighted by molar-refractivity contribution is 0.710. The lowest BCUT2D eigenvalue weighted by Crippen LogP contribution is -2.31. The van der Waals surface area contributed by atoms with Gasteiger partial charge in [0.25, 0.3) is 0 Å². The maximum Gasteiger partial charge on any atom is 0.0407 e. The maximum atomic E-state index is 5.87. The van der Waals surface area contributed by atoms with E-state index in [9.17, 15) is 0 Å². The van der Waals surface area contributed by atoms with Crippen LogP contribution in [0, 0.1) is 0 Å². The fourth-order valence-corrected chi connectivity index (χ4v) is 1.66. The van der Waals surface area contributed by atoms with Crippen molar-refractivity contribution in [3.8, 4) is 0 Å². The summed E-state index contributed by atoms with van der Waals surface area (Å²) < 4.78 is 0. The molecule has 84 valence electrons. The Balaban J connectivity index is 2.65. The quantitative estimate of drug-likeness (QED) is 0.803. The minimum absolute atomic E-state index is 0.795. The second kappa shape index (κ2) is 6.70. The van der Waals surface area contributed by atoms with Gasteiger partial charge in [-0.3, -0.25) is 0 Å². The summed E-state index contributed by atoms with van der Waals surface area (Å²) in [5, 5.41) is 3.97. The molecule has 0 aliphatic rings. The molecule has 2 nitrogen and oxygen atoms in total. The normalized spacial score (nSPS) is 10.3. The van der Waals surface area contributed by atoms with Crippen LogP contribution in [0.15, 0.2) is 24.3 Å². The van der Waals surface area contributed by atoms with Crippen LogP contribution in [0.25, 0.3) is 0 Å². The van der Waals surface area contributed by atoms with E-state index < -0.39 is 0 Å². The van der Waals surface area contributed by atoms with Crippen molar-refractivity contribution in [2.24, 2.45) is 0 Å². The molecule has 0 saturated carbocycles. The molecule has 0 aliphatic heterocycles. The van der Waals surface area contributed by atoms with Gasteiger partial charge < -0.3 is 10.2 Å². The van der Waals surface area contributed by atoms with Crippen molar-refractivity contribution in [2.45, 2.75) is 13.3 Å². The van der Waals surface area contributed by atoms with E-state index in [1.807, 2.05) is 19.2 Å². The van der Waals surface area contributed by atoms with Crippen molar-refractivity contribution >= 4 is 17.3 Å². The second-order valence-electron chi connectivity index (χ2n) is 3.57.